The predicted octanol–water partition coefficient (Wildman–Crippen LogP) is 0.871. The van der Waals surface area contributed by atoms with Gasteiger partial charge in [0.15, 0.2) is 0 Å². The zero-order chi connectivity index (χ0) is 7.98. The SMILES string of the molecule is CC(O)C(C)SCCCO. The minimum absolute atomic E-state index is 0.247. The zero-order valence-corrected chi connectivity index (χ0v) is 7.40. The van der Waals surface area contributed by atoms with Gasteiger partial charge in [0.2, 0.25) is 0 Å². The Hall–Kier alpha value is 0.270. The molecule has 0 aromatic heterocycles. The van der Waals surface area contributed by atoms with Crippen LogP contribution in [0, 0.1) is 0 Å². The van der Waals surface area contributed by atoms with Gasteiger partial charge in [-0.25, -0.2) is 0 Å². The lowest BCUT2D eigenvalue weighted by atomic mass is 10.3. The number of hydrogen-bond acceptors (Lipinski definition) is 3. The first-order valence-corrected chi connectivity index (χ1v) is 4.64. The van der Waals surface area contributed by atoms with E-state index in [0.29, 0.717) is 0 Å². The molecule has 62 valence electrons. The van der Waals surface area contributed by atoms with Crippen LogP contribution in [0.2, 0.25) is 0 Å². The zero-order valence-electron chi connectivity index (χ0n) is 6.58. The van der Waals surface area contributed by atoms with Crippen LogP contribution >= 0.6 is 11.8 Å². The molecule has 0 amide bonds. The van der Waals surface area contributed by atoms with Crippen molar-refractivity contribution in [2.75, 3.05) is 12.4 Å². The minimum Gasteiger partial charge on any atom is -0.396 e. The van der Waals surface area contributed by atoms with Crippen molar-refractivity contribution < 1.29 is 10.2 Å². The molecular weight excluding hydrogens is 148 g/mol. The van der Waals surface area contributed by atoms with E-state index in [1.165, 1.54) is 0 Å². The predicted molar refractivity (Wildman–Crippen MR) is 45.3 cm³/mol. The molecule has 0 rings (SSSR count). The molecule has 0 heterocycles. The highest BCUT2D eigenvalue weighted by Gasteiger charge is 2.07. The van der Waals surface area contributed by atoms with E-state index in [1.54, 1.807) is 18.7 Å². The highest BCUT2D eigenvalue weighted by molar-refractivity contribution is 7.99. The molecule has 0 aliphatic rings. The Morgan fingerprint density at radius 1 is 1.40 bits per heavy atom. The maximum atomic E-state index is 9.04. The van der Waals surface area contributed by atoms with Crippen molar-refractivity contribution in [1.29, 1.82) is 0 Å². The van der Waals surface area contributed by atoms with Gasteiger partial charge in [0.25, 0.3) is 0 Å². The molecule has 0 aromatic carbocycles. The van der Waals surface area contributed by atoms with Crippen molar-refractivity contribution in [3.63, 3.8) is 0 Å². The Labute approximate surface area is 66.6 Å². The van der Waals surface area contributed by atoms with Crippen molar-refractivity contribution in [2.24, 2.45) is 0 Å². The maximum absolute atomic E-state index is 9.04. The van der Waals surface area contributed by atoms with Gasteiger partial charge in [-0.15, -0.1) is 0 Å². The van der Waals surface area contributed by atoms with E-state index in [4.69, 9.17) is 10.2 Å². The van der Waals surface area contributed by atoms with Crippen molar-refractivity contribution in [2.45, 2.75) is 31.6 Å². The van der Waals surface area contributed by atoms with Gasteiger partial charge in [-0.3, -0.25) is 0 Å². The van der Waals surface area contributed by atoms with Crippen molar-refractivity contribution in [3.8, 4) is 0 Å². The van der Waals surface area contributed by atoms with Gasteiger partial charge < -0.3 is 10.2 Å². The van der Waals surface area contributed by atoms with Gasteiger partial charge in [-0.05, 0) is 19.1 Å². The number of aliphatic hydroxyl groups is 2. The lowest BCUT2D eigenvalue weighted by Crippen LogP contribution is -2.15. The number of hydrogen-bond donors (Lipinski definition) is 2. The molecule has 3 heteroatoms. The van der Waals surface area contributed by atoms with E-state index in [0.717, 1.165) is 12.2 Å². The smallest absolute Gasteiger partial charge is 0.0627 e. The molecule has 0 spiro atoms. The molecule has 2 atom stereocenters. The van der Waals surface area contributed by atoms with Crippen LogP contribution in [-0.4, -0.2) is 33.9 Å². The topological polar surface area (TPSA) is 40.5 Å². The molecule has 0 radical (unpaired) electrons. The van der Waals surface area contributed by atoms with Gasteiger partial charge in [0, 0.05) is 11.9 Å². The van der Waals surface area contributed by atoms with E-state index < -0.39 is 0 Å². The summed E-state index contributed by atoms with van der Waals surface area (Å²) in [7, 11) is 0. The molecule has 0 bridgehead atoms. The first-order chi connectivity index (χ1) is 4.68. The summed E-state index contributed by atoms with van der Waals surface area (Å²) in [5, 5.41) is 17.8. The van der Waals surface area contributed by atoms with Crippen LogP contribution in [0.25, 0.3) is 0 Å². The number of thioether (sulfide) groups is 1. The summed E-state index contributed by atoms with van der Waals surface area (Å²) in [4.78, 5) is 0. The van der Waals surface area contributed by atoms with Crippen molar-refractivity contribution in [3.05, 3.63) is 0 Å². The third-order valence-electron chi connectivity index (χ3n) is 1.36. The molecule has 0 aromatic rings. The molecule has 0 aliphatic heterocycles. The molecule has 0 saturated carbocycles. The second-order valence-electron chi connectivity index (χ2n) is 2.39. The van der Waals surface area contributed by atoms with Crippen LogP contribution < -0.4 is 0 Å². The lowest BCUT2D eigenvalue weighted by Gasteiger charge is -2.12. The summed E-state index contributed by atoms with van der Waals surface area (Å²) < 4.78 is 0. The van der Waals surface area contributed by atoms with Crippen molar-refractivity contribution in [1.82, 2.24) is 0 Å². The first kappa shape index (κ1) is 10.3. The standard InChI is InChI=1S/C7H16O2S/c1-6(9)7(2)10-5-3-4-8/h6-9H,3-5H2,1-2H3. The summed E-state index contributed by atoms with van der Waals surface area (Å²) in [6, 6.07) is 0. The Bertz CT molecular complexity index is 76.0. The van der Waals surface area contributed by atoms with E-state index in [1.807, 2.05) is 6.92 Å². The summed E-state index contributed by atoms with van der Waals surface area (Å²) in [6.07, 6.45) is 0.575. The van der Waals surface area contributed by atoms with E-state index >= 15 is 0 Å². The van der Waals surface area contributed by atoms with Crippen LogP contribution in [0.15, 0.2) is 0 Å². The van der Waals surface area contributed by atoms with Crippen LogP contribution in [0.1, 0.15) is 20.3 Å². The highest BCUT2D eigenvalue weighted by Crippen LogP contribution is 2.14. The van der Waals surface area contributed by atoms with Crippen molar-refractivity contribution >= 4 is 11.8 Å². The second kappa shape index (κ2) is 6.01. The summed E-state index contributed by atoms with van der Waals surface area (Å²) in [6.45, 7) is 4.03. The lowest BCUT2D eigenvalue weighted by molar-refractivity contribution is 0.196. The third kappa shape index (κ3) is 5.09. The molecule has 0 saturated heterocycles. The van der Waals surface area contributed by atoms with Crippen LogP contribution in [0.3, 0.4) is 0 Å². The Morgan fingerprint density at radius 2 is 2.00 bits per heavy atom. The van der Waals surface area contributed by atoms with Crippen LogP contribution in [0.4, 0.5) is 0 Å². The molecular formula is C7H16O2S. The van der Waals surface area contributed by atoms with E-state index in [2.05, 4.69) is 0 Å². The van der Waals surface area contributed by atoms with Gasteiger partial charge in [-0.1, -0.05) is 6.92 Å². The largest absolute Gasteiger partial charge is 0.396 e. The normalized spacial score (nSPS) is 16.8. The fourth-order valence-electron chi connectivity index (χ4n) is 0.473. The minimum atomic E-state index is -0.247. The van der Waals surface area contributed by atoms with Gasteiger partial charge in [-0.2, -0.15) is 11.8 Å². The molecule has 2 N–H and O–H groups in total. The van der Waals surface area contributed by atoms with E-state index in [-0.39, 0.29) is 18.0 Å². The average Bonchev–Trinajstić information content (AvgIpc) is 1.88. The summed E-state index contributed by atoms with van der Waals surface area (Å²) in [5.41, 5.74) is 0. The molecule has 0 fully saturated rings. The fraction of sp³-hybridized carbons (Fsp3) is 1.00. The summed E-state index contributed by atoms with van der Waals surface area (Å²) in [5.74, 6) is 0.933. The van der Waals surface area contributed by atoms with Gasteiger partial charge >= 0.3 is 0 Å². The third-order valence-corrected chi connectivity index (χ3v) is 2.81. The number of rotatable bonds is 5. The van der Waals surface area contributed by atoms with E-state index in [9.17, 15) is 0 Å². The quantitative estimate of drug-likeness (QED) is 0.592. The van der Waals surface area contributed by atoms with Crippen LogP contribution in [-0.2, 0) is 0 Å². The maximum Gasteiger partial charge on any atom is 0.0627 e. The Balaban J connectivity index is 3.13. The van der Waals surface area contributed by atoms with Gasteiger partial charge in [0.05, 0.1) is 6.10 Å². The molecule has 2 nitrogen and oxygen atoms in total. The first-order valence-electron chi connectivity index (χ1n) is 3.59. The molecule has 2 unspecified atom stereocenters. The Morgan fingerprint density at radius 3 is 2.40 bits per heavy atom. The average molecular weight is 164 g/mol. The second-order valence-corrected chi connectivity index (χ2v) is 3.88. The fourth-order valence-corrected chi connectivity index (χ4v) is 1.42. The van der Waals surface area contributed by atoms with Gasteiger partial charge in [0.1, 0.15) is 0 Å². The molecule has 0 aliphatic carbocycles. The monoisotopic (exact) mass is 164 g/mol. The number of aliphatic hydroxyl groups excluding tert-OH is 2. The highest BCUT2D eigenvalue weighted by atomic mass is 32.2. The Kier molecular flexibility index (Phi) is 6.17. The molecule has 10 heavy (non-hydrogen) atoms. The summed E-state index contributed by atoms with van der Waals surface area (Å²) >= 11 is 1.70. The van der Waals surface area contributed by atoms with Crippen LogP contribution in [0.5, 0.6) is 0 Å².